The fourth-order valence-electron chi connectivity index (χ4n) is 1.77. The lowest BCUT2D eigenvalue weighted by Gasteiger charge is -2.32. The van der Waals surface area contributed by atoms with Gasteiger partial charge < -0.3 is 10.4 Å². The predicted octanol–water partition coefficient (Wildman–Crippen LogP) is 1.24. The Kier molecular flexibility index (Phi) is 3.95. The zero-order valence-electron chi connectivity index (χ0n) is 7.48. The Morgan fingerprint density at radius 3 is 2.50 bits per heavy atom. The van der Waals surface area contributed by atoms with Crippen molar-refractivity contribution in [1.29, 1.82) is 0 Å². The van der Waals surface area contributed by atoms with Crippen molar-refractivity contribution in [2.24, 2.45) is 0 Å². The van der Waals surface area contributed by atoms with Gasteiger partial charge in [0.15, 0.2) is 0 Å². The summed E-state index contributed by atoms with van der Waals surface area (Å²) in [5.41, 5.74) is -0.548. The van der Waals surface area contributed by atoms with Gasteiger partial charge >= 0.3 is 0 Å². The highest BCUT2D eigenvalue weighted by atomic mass is 19.1. The Labute approximate surface area is 73.2 Å². The van der Waals surface area contributed by atoms with Crippen LogP contribution >= 0.6 is 0 Å². The molecule has 0 spiro atoms. The minimum atomic E-state index is -0.548. The molecule has 0 radical (unpaired) electrons. The second-order valence-corrected chi connectivity index (χ2v) is 3.65. The van der Waals surface area contributed by atoms with Gasteiger partial charge in [0.25, 0.3) is 0 Å². The number of nitrogens with one attached hydrogen (secondary N) is 1. The third kappa shape index (κ3) is 3.07. The maximum absolute atomic E-state index is 11.7. The Morgan fingerprint density at radius 1 is 1.25 bits per heavy atom. The van der Waals surface area contributed by atoms with Gasteiger partial charge in [-0.1, -0.05) is 19.3 Å². The zero-order chi connectivity index (χ0) is 8.86. The van der Waals surface area contributed by atoms with Crippen LogP contribution in [-0.4, -0.2) is 30.5 Å². The zero-order valence-corrected chi connectivity index (χ0v) is 7.48. The number of rotatable bonds is 4. The number of alkyl halides is 1. The summed E-state index contributed by atoms with van der Waals surface area (Å²) in [7, 11) is 0. The normalized spacial score (nSPS) is 22.5. The first-order valence-electron chi connectivity index (χ1n) is 4.76. The minimum Gasteiger partial charge on any atom is -0.389 e. The molecule has 0 aromatic heterocycles. The lowest BCUT2D eigenvalue weighted by molar-refractivity contribution is 0.00489. The van der Waals surface area contributed by atoms with E-state index < -0.39 is 5.60 Å². The quantitative estimate of drug-likeness (QED) is 0.630. The molecule has 72 valence electrons. The summed E-state index contributed by atoms with van der Waals surface area (Å²) in [5, 5.41) is 12.8. The molecule has 0 aliphatic heterocycles. The van der Waals surface area contributed by atoms with E-state index in [-0.39, 0.29) is 6.67 Å². The first-order valence-corrected chi connectivity index (χ1v) is 4.76. The van der Waals surface area contributed by atoms with E-state index in [4.69, 9.17) is 0 Å². The summed E-state index contributed by atoms with van der Waals surface area (Å²) in [6, 6.07) is 0. The highest BCUT2D eigenvalue weighted by molar-refractivity contribution is 4.84. The van der Waals surface area contributed by atoms with Gasteiger partial charge in [-0.15, -0.1) is 0 Å². The molecule has 2 N–H and O–H groups in total. The van der Waals surface area contributed by atoms with Crippen LogP contribution in [0.3, 0.4) is 0 Å². The second-order valence-electron chi connectivity index (χ2n) is 3.65. The predicted molar refractivity (Wildman–Crippen MR) is 46.9 cm³/mol. The molecule has 0 amide bonds. The Balaban J connectivity index is 2.17. The molecule has 0 unspecified atom stereocenters. The smallest absolute Gasteiger partial charge is 0.102 e. The average Bonchev–Trinajstić information content (AvgIpc) is 2.06. The van der Waals surface area contributed by atoms with E-state index in [1.165, 1.54) is 6.42 Å². The molecule has 0 aromatic rings. The Hall–Kier alpha value is -0.150. The van der Waals surface area contributed by atoms with Gasteiger partial charge in [0.1, 0.15) is 6.67 Å². The van der Waals surface area contributed by atoms with Crippen molar-refractivity contribution in [3.8, 4) is 0 Å². The van der Waals surface area contributed by atoms with Crippen molar-refractivity contribution in [3.05, 3.63) is 0 Å². The van der Waals surface area contributed by atoms with Crippen LogP contribution in [0, 0.1) is 0 Å². The van der Waals surface area contributed by atoms with E-state index in [0.717, 1.165) is 25.7 Å². The van der Waals surface area contributed by atoms with Gasteiger partial charge in [0, 0.05) is 13.1 Å². The molecule has 1 aliphatic carbocycles. The molecule has 3 heteroatoms. The van der Waals surface area contributed by atoms with E-state index in [2.05, 4.69) is 5.32 Å². The second kappa shape index (κ2) is 4.77. The molecule has 2 nitrogen and oxygen atoms in total. The average molecular weight is 175 g/mol. The molecular formula is C9H18FNO. The van der Waals surface area contributed by atoms with Crippen LogP contribution in [0.2, 0.25) is 0 Å². The fourth-order valence-corrected chi connectivity index (χ4v) is 1.77. The molecule has 12 heavy (non-hydrogen) atoms. The highest BCUT2D eigenvalue weighted by Crippen LogP contribution is 2.26. The lowest BCUT2D eigenvalue weighted by atomic mass is 9.85. The maximum atomic E-state index is 11.7. The van der Waals surface area contributed by atoms with Crippen molar-refractivity contribution in [3.63, 3.8) is 0 Å². The fraction of sp³-hybridized carbons (Fsp3) is 1.00. The summed E-state index contributed by atoms with van der Waals surface area (Å²) < 4.78 is 11.7. The van der Waals surface area contributed by atoms with Crippen molar-refractivity contribution in [2.75, 3.05) is 19.8 Å². The van der Waals surface area contributed by atoms with Crippen molar-refractivity contribution < 1.29 is 9.50 Å². The van der Waals surface area contributed by atoms with Gasteiger partial charge in [-0.05, 0) is 12.8 Å². The molecule has 0 saturated heterocycles. The van der Waals surface area contributed by atoms with Gasteiger partial charge in [0.05, 0.1) is 5.60 Å². The van der Waals surface area contributed by atoms with Gasteiger partial charge in [-0.2, -0.15) is 0 Å². The molecule has 0 aromatic carbocycles. The topological polar surface area (TPSA) is 32.3 Å². The van der Waals surface area contributed by atoms with Crippen molar-refractivity contribution in [1.82, 2.24) is 5.32 Å². The van der Waals surface area contributed by atoms with Crippen LogP contribution in [0.25, 0.3) is 0 Å². The first-order chi connectivity index (χ1) is 5.77. The third-order valence-electron chi connectivity index (χ3n) is 2.51. The standard InChI is InChI=1S/C9H18FNO/c10-6-7-11-8-9(12)4-2-1-3-5-9/h11-12H,1-8H2. The van der Waals surface area contributed by atoms with Gasteiger partial charge in [0.2, 0.25) is 0 Å². The van der Waals surface area contributed by atoms with E-state index in [9.17, 15) is 9.50 Å². The Morgan fingerprint density at radius 2 is 1.92 bits per heavy atom. The maximum Gasteiger partial charge on any atom is 0.102 e. The summed E-state index contributed by atoms with van der Waals surface area (Å²) in [6.45, 7) is 0.565. The Bertz CT molecular complexity index is 124. The molecular weight excluding hydrogens is 157 g/mol. The van der Waals surface area contributed by atoms with Crippen LogP contribution in [0.5, 0.6) is 0 Å². The molecule has 1 rings (SSSR count). The number of hydrogen-bond donors (Lipinski definition) is 2. The van der Waals surface area contributed by atoms with E-state index in [1.807, 2.05) is 0 Å². The van der Waals surface area contributed by atoms with Crippen molar-refractivity contribution >= 4 is 0 Å². The number of hydrogen-bond acceptors (Lipinski definition) is 2. The monoisotopic (exact) mass is 175 g/mol. The first kappa shape index (κ1) is 9.93. The van der Waals surface area contributed by atoms with Crippen LogP contribution in [0.4, 0.5) is 4.39 Å². The molecule has 0 atom stereocenters. The summed E-state index contributed by atoms with van der Waals surface area (Å²) in [4.78, 5) is 0. The molecule has 1 aliphatic rings. The van der Waals surface area contributed by atoms with Crippen LogP contribution in [0.1, 0.15) is 32.1 Å². The van der Waals surface area contributed by atoms with Gasteiger partial charge in [-0.3, -0.25) is 0 Å². The van der Waals surface area contributed by atoms with Gasteiger partial charge in [-0.25, -0.2) is 4.39 Å². The molecule has 1 saturated carbocycles. The van der Waals surface area contributed by atoms with Crippen LogP contribution < -0.4 is 5.32 Å². The molecule has 0 heterocycles. The lowest BCUT2D eigenvalue weighted by Crippen LogP contribution is -2.42. The summed E-state index contributed by atoms with van der Waals surface area (Å²) in [6.07, 6.45) is 5.17. The molecule has 0 bridgehead atoms. The van der Waals surface area contributed by atoms with E-state index in [1.54, 1.807) is 0 Å². The summed E-state index contributed by atoms with van der Waals surface area (Å²) >= 11 is 0. The largest absolute Gasteiger partial charge is 0.389 e. The highest BCUT2D eigenvalue weighted by Gasteiger charge is 2.28. The number of aliphatic hydroxyl groups is 1. The van der Waals surface area contributed by atoms with E-state index >= 15 is 0 Å². The molecule has 1 fully saturated rings. The van der Waals surface area contributed by atoms with Crippen LogP contribution in [0.15, 0.2) is 0 Å². The third-order valence-corrected chi connectivity index (χ3v) is 2.51. The van der Waals surface area contributed by atoms with E-state index in [0.29, 0.717) is 13.1 Å². The SMILES string of the molecule is OC1(CNCCF)CCCCC1. The number of halogens is 1. The summed E-state index contributed by atoms with van der Waals surface area (Å²) in [5.74, 6) is 0. The minimum absolute atomic E-state index is 0.351. The van der Waals surface area contributed by atoms with Crippen molar-refractivity contribution in [2.45, 2.75) is 37.7 Å². The van der Waals surface area contributed by atoms with Crippen LogP contribution in [-0.2, 0) is 0 Å².